The van der Waals surface area contributed by atoms with Gasteiger partial charge in [-0.2, -0.15) is 0 Å². The van der Waals surface area contributed by atoms with Gasteiger partial charge in [0.1, 0.15) is 0 Å². The highest BCUT2D eigenvalue weighted by atomic mass is 35.5. The summed E-state index contributed by atoms with van der Waals surface area (Å²) in [6, 6.07) is 6.27. The molecule has 0 unspecified atom stereocenters. The summed E-state index contributed by atoms with van der Waals surface area (Å²) in [4.78, 5) is 0. The van der Waals surface area contributed by atoms with Gasteiger partial charge in [0.15, 0.2) is 0 Å². The van der Waals surface area contributed by atoms with Gasteiger partial charge in [0, 0.05) is 23.3 Å². The first kappa shape index (κ1) is 10.4. The fraction of sp³-hybridized carbons (Fsp3) is 0.400. The lowest BCUT2D eigenvalue weighted by Gasteiger charge is -2.11. The fourth-order valence-corrected chi connectivity index (χ4v) is 1.39. The van der Waals surface area contributed by atoms with Gasteiger partial charge in [0.2, 0.25) is 0 Å². The van der Waals surface area contributed by atoms with Crippen LogP contribution in [0.15, 0.2) is 18.2 Å². The van der Waals surface area contributed by atoms with Gasteiger partial charge in [0.05, 0.1) is 0 Å². The Bertz CT molecular complexity index is 284. The lowest BCUT2D eigenvalue weighted by molar-refractivity contribution is 0.899. The number of halogens is 1. The van der Waals surface area contributed by atoms with E-state index in [0.717, 1.165) is 16.3 Å². The van der Waals surface area contributed by atoms with Crippen molar-refractivity contribution in [2.75, 3.05) is 5.32 Å². The largest absolute Gasteiger partial charge is 0.383 e. The van der Waals surface area contributed by atoms with E-state index in [1.807, 2.05) is 18.2 Å². The van der Waals surface area contributed by atoms with Crippen molar-refractivity contribution in [3.8, 4) is 0 Å². The molecular formula is C10H15ClN2. The molecule has 2 nitrogen and oxygen atoms in total. The van der Waals surface area contributed by atoms with Crippen LogP contribution in [0.4, 0.5) is 5.69 Å². The van der Waals surface area contributed by atoms with Crippen LogP contribution in [-0.4, -0.2) is 6.04 Å². The summed E-state index contributed by atoms with van der Waals surface area (Å²) in [5, 5.41) is 4.00. The molecule has 0 spiro atoms. The molecule has 1 aromatic carbocycles. The van der Waals surface area contributed by atoms with Crippen LogP contribution in [0.1, 0.15) is 19.4 Å². The summed E-state index contributed by atoms with van der Waals surface area (Å²) in [5.74, 6) is 0. The molecule has 0 radical (unpaired) electrons. The van der Waals surface area contributed by atoms with Crippen LogP contribution in [0, 0.1) is 0 Å². The van der Waals surface area contributed by atoms with E-state index < -0.39 is 0 Å². The summed E-state index contributed by atoms with van der Waals surface area (Å²) >= 11 is 5.99. The van der Waals surface area contributed by atoms with Crippen LogP contribution < -0.4 is 11.1 Å². The van der Waals surface area contributed by atoms with Crippen LogP contribution in [0.5, 0.6) is 0 Å². The van der Waals surface area contributed by atoms with Crippen molar-refractivity contribution in [1.29, 1.82) is 0 Å². The van der Waals surface area contributed by atoms with Crippen molar-refractivity contribution in [3.05, 3.63) is 28.8 Å². The molecular weight excluding hydrogens is 184 g/mol. The van der Waals surface area contributed by atoms with Crippen molar-refractivity contribution in [2.45, 2.75) is 26.4 Å². The zero-order valence-electron chi connectivity index (χ0n) is 7.97. The highest BCUT2D eigenvalue weighted by Crippen LogP contribution is 2.20. The highest BCUT2D eigenvalue weighted by molar-refractivity contribution is 6.31. The molecule has 0 aliphatic carbocycles. The third kappa shape index (κ3) is 2.90. The first-order valence-corrected chi connectivity index (χ1v) is 4.76. The molecule has 72 valence electrons. The number of benzene rings is 1. The molecule has 3 heteroatoms. The second-order valence-electron chi connectivity index (χ2n) is 3.31. The Morgan fingerprint density at radius 3 is 2.62 bits per heavy atom. The Morgan fingerprint density at radius 1 is 1.46 bits per heavy atom. The molecule has 1 rings (SSSR count). The van der Waals surface area contributed by atoms with Crippen LogP contribution in [-0.2, 0) is 6.54 Å². The third-order valence-corrected chi connectivity index (χ3v) is 2.08. The quantitative estimate of drug-likeness (QED) is 0.784. The molecule has 0 saturated carbocycles. The molecule has 0 amide bonds. The summed E-state index contributed by atoms with van der Waals surface area (Å²) in [7, 11) is 0. The monoisotopic (exact) mass is 198 g/mol. The fourth-order valence-electron chi connectivity index (χ4n) is 1.14. The Balaban J connectivity index is 2.83. The average molecular weight is 199 g/mol. The van der Waals surface area contributed by atoms with Gasteiger partial charge in [-0.1, -0.05) is 17.7 Å². The van der Waals surface area contributed by atoms with Gasteiger partial charge < -0.3 is 11.1 Å². The van der Waals surface area contributed by atoms with Crippen LogP contribution >= 0.6 is 11.6 Å². The van der Waals surface area contributed by atoms with Crippen molar-refractivity contribution in [2.24, 2.45) is 5.73 Å². The second-order valence-corrected chi connectivity index (χ2v) is 3.72. The van der Waals surface area contributed by atoms with Gasteiger partial charge in [-0.25, -0.2) is 0 Å². The summed E-state index contributed by atoms with van der Waals surface area (Å²) in [6.07, 6.45) is 0. The molecule has 0 aliphatic heterocycles. The lowest BCUT2D eigenvalue weighted by atomic mass is 10.2. The highest BCUT2D eigenvalue weighted by Gasteiger charge is 2.00. The van der Waals surface area contributed by atoms with E-state index in [9.17, 15) is 0 Å². The summed E-state index contributed by atoms with van der Waals surface area (Å²) < 4.78 is 0. The SMILES string of the molecule is CC(C)Nc1ccc(CN)c(Cl)c1. The number of rotatable bonds is 3. The predicted octanol–water partition coefficient (Wildman–Crippen LogP) is 2.62. The van der Waals surface area contributed by atoms with E-state index in [-0.39, 0.29) is 0 Å². The van der Waals surface area contributed by atoms with Gasteiger partial charge in [0.25, 0.3) is 0 Å². The number of nitrogens with two attached hydrogens (primary N) is 1. The van der Waals surface area contributed by atoms with Crippen molar-refractivity contribution < 1.29 is 0 Å². The maximum absolute atomic E-state index is 5.99. The second kappa shape index (κ2) is 4.49. The predicted molar refractivity (Wildman–Crippen MR) is 58.1 cm³/mol. The van der Waals surface area contributed by atoms with Crippen molar-refractivity contribution in [3.63, 3.8) is 0 Å². The molecule has 0 heterocycles. The Kier molecular flexibility index (Phi) is 3.58. The molecule has 0 fully saturated rings. The molecule has 0 aliphatic rings. The van der Waals surface area contributed by atoms with E-state index in [0.29, 0.717) is 12.6 Å². The molecule has 3 N–H and O–H groups in total. The Morgan fingerprint density at radius 2 is 2.15 bits per heavy atom. The number of hydrogen-bond donors (Lipinski definition) is 2. The Labute approximate surface area is 84.1 Å². The van der Waals surface area contributed by atoms with Gasteiger partial charge in [-0.05, 0) is 31.5 Å². The van der Waals surface area contributed by atoms with Crippen LogP contribution in [0.2, 0.25) is 5.02 Å². The zero-order valence-corrected chi connectivity index (χ0v) is 8.73. The normalized spacial score (nSPS) is 10.5. The van der Waals surface area contributed by atoms with E-state index in [1.54, 1.807) is 0 Å². The average Bonchev–Trinajstić information content (AvgIpc) is 2.03. The summed E-state index contributed by atoms with van der Waals surface area (Å²) in [6.45, 7) is 4.66. The van der Waals surface area contributed by atoms with Gasteiger partial charge >= 0.3 is 0 Å². The molecule has 0 saturated heterocycles. The van der Waals surface area contributed by atoms with E-state index in [2.05, 4.69) is 19.2 Å². The topological polar surface area (TPSA) is 38.0 Å². The zero-order chi connectivity index (χ0) is 9.84. The molecule has 0 atom stereocenters. The standard InChI is InChI=1S/C10H15ClN2/c1-7(2)13-9-4-3-8(6-12)10(11)5-9/h3-5,7,13H,6,12H2,1-2H3. The maximum Gasteiger partial charge on any atom is 0.0471 e. The minimum Gasteiger partial charge on any atom is -0.383 e. The molecule has 0 aromatic heterocycles. The minimum atomic E-state index is 0.416. The van der Waals surface area contributed by atoms with Gasteiger partial charge in [-0.15, -0.1) is 0 Å². The first-order chi connectivity index (χ1) is 6.13. The van der Waals surface area contributed by atoms with E-state index in [1.165, 1.54) is 0 Å². The van der Waals surface area contributed by atoms with Crippen molar-refractivity contribution >= 4 is 17.3 Å². The maximum atomic E-state index is 5.99. The Hall–Kier alpha value is -0.730. The summed E-state index contributed by atoms with van der Waals surface area (Å²) in [5.41, 5.74) is 7.52. The third-order valence-electron chi connectivity index (χ3n) is 1.73. The van der Waals surface area contributed by atoms with Crippen LogP contribution in [0.3, 0.4) is 0 Å². The van der Waals surface area contributed by atoms with E-state index in [4.69, 9.17) is 17.3 Å². The van der Waals surface area contributed by atoms with E-state index >= 15 is 0 Å². The van der Waals surface area contributed by atoms with Gasteiger partial charge in [-0.3, -0.25) is 0 Å². The van der Waals surface area contributed by atoms with Crippen LogP contribution in [0.25, 0.3) is 0 Å². The molecule has 0 bridgehead atoms. The lowest BCUT2D eigenvalue weighted by Crippen LogP contribution is -2.09. The first-order valence-electron chi connectivity index (χ1n) is 4.38. The molecule has 13 heavy (non-hydrogen) atoms. The number of nitrogens with one attached hydrogen (secondary N) is 1. The smallest absolute Gasteiger partial charge is 0.0471 e. The molecule has 1 aromatic rings. The minimum absolute atomic E-state index is 0.416. The van der Waals surface area contributed by atoms with Crippen molar-refractivity contribution in [1.82, 2.24) is 0 Å². The number of hydrogen-bond acceptors (Lipinski definition) is 2. The number of anilines is 1.